The van der Waals surface area contributed by atoms with Crippen molar-refractivity contribution in [3.8, 4) is 0 Å². The second-order valence-corrected chi connectivity index (χ2v) is 5.16. The third-order valence-corrected chi connectivity index (χ3v) is 4.07. The van der Waals surface area contributed by atoms with Crippen molar-refractivity contribution in [1.29, 1.82) is 0 Å². The molecule has 3 fully saturated rings. The van der Waals surface area contributed by atoms with Gasteiger partial charge < -0.3 is 4.90 Å². The second kappa shape index (κ2) is 2.01. The third kappa shape index (κ3) is 1.01. The van der Waals surface area contributed by atoms with E-state index in [-0.39, 0.29) is 0 Å². The molecule has 2 saturated heterocycles. The van der Waals surface area contributed by atoms with E-state index in [0.29, 0.717) is 11.0 Å². The Kier molecular flexibility index (Phi) is 1.39. The molecular formula is C10H19N. The van der Waals surface area contributed by atoms with Crippen LogP contribution < -0.4 is 0 Å². The Bertz CT molecular complexity index is 166. The lowest BCUT2D eigenvalue weighted by atomic mass is 9.64. The van der Waals surface area contributed by atoms with Crippen LogP contribution in [-0.2, 0) is 0 Å². The highest BCUT2D eigenvalue weighted by Crippen LogP contribution is 2.48. The van der Waals surface area contributed by atoms with Gasteiger partial charge in [-0.1, -0.05) is 6.92 Å². The van der Waals surface area contributed by atoms with Gasteiger partial charge in [-0.25, -0.2) is 0 Å². The van der Waals surface area contributed by atoms with E-state index in [4.69, 9.17) is 0 Å². The fraction of sp³-hybridized carbons (Fsp3) is 1.00. The summed E-state index contributed by atoms with van der Waals surface area (Å²) in [4.78, 5) is 2.57. The highest BCUT2D eigenvalue weighted by Gasteiger charge is 2.46. The van der Waals surface area contributed by atoms with E-state index in [1.54, 1.807) is 0 Å². The number of piperidine rings is 2. The SMILES string of the molecule is CN1CC2(C)CCC1(C)CC2. The molecule has 0 aromatic heterocycles. The van der Waals surface area contributed by atoms with Crippen molar-refractivity contribution < 1.29 is 0 Å². The van der Waals surface area contributed by atoms with Gasteiger partial charge in [-0.2, -0.15) is 0 Å². The summed E-state index contributed by atoms with van der Waals surface area (Å²) in [5.74, 6) is 0. The number of hydrogen-bond donors (Lipinski definition) is 0. The molecule has 3 aliphatic rings. The van der Waals surface area contributed by atoms with E-state index >= 15 is 0 Å². The Morgan fingerprint density at radius 2 is 1.55 bits per heavy atom. The topological polar surface area (TPSA) is 3.24 Å². The fourth-order valence-electron chi connectivity index (χ4n) is 2.70. The molecule has 1 nitrogen and oxygen atoms in total. The van der Waals surface area contributed by atoms with E-state index in [2.05, 4.69) is 25.8 Å². The van der Waals surface area contributed by atoms with Gasteiger partial charge in [0, 0.05) is 12.1 Å². The number of hydrogen-bond acceptors (Lipinski definition) is 1. The lowest BCUT2D eigenvalue weighted by molar-refractivity contribution is -0.0519. The molecule has 0 unspecified atom stereocenters. The van der Waals surface area contributed by atoms with Crippen LogP contribution in [0.4, 0.5) is 0 Å². The van der Waals surface area contributed by atoms with E-state index in [1.165, 1.54) is 32.2 Å². The first-order chi connectivity index (χ1) is 5.04. The van der Waals surface area contributed by atoms with Crippen LogP contribution in [0.1, 0.15) is 39.5 Å². The number of fused-ring (bicyclic) bond motifs is 3. The van der Waals surface area contributed by atoms with Crippen molar-refractivity contribution in [2.75, 3.05) is 13.6 Å². The molecule has 1 heteroatoms. The van der Waals surface area contributed by atoms with Gasteiger partial charge in [0.05, 0.1) is 0 Å². The van der Waals surface area contributed by atoms with Crippen molar-refractivity contribution >= 4 is 0 Å². The molecular weight excluding hydrogens is 134 g/mol. The lowest BCUT2D eigenvalue weighted by Crippen LogP contribution is -2.58. The van der Waals surface area contributed by atoms with Gasteiger partial charge in [0.25, 0.3) is 0 Å². The van der Waals surface area contributed by atoms with Crippen LogP contribution in [0.3, 0.4) is 0 Å². The third-order valence-electron chi connectivity index (χ3n) is 4.07. The van der Waals surface area contributed by atoms with Crippen LogP contribution >= 0.6 is 0 Å². The lowest BCUT2D eigenvalue weighted by Gasteiger charge is -2.56. The molecule has 2 bridgehead atoms. The van der Waals surface area contributed by atoms with Crippen LogP contribution in [0, 0.1) is 5.41 Å². The molecule has 0 amide bonds. The van der Waals surface area contributed by atoms with E-state index in [0.717, 1.165) is 0 Å². The van der Waals surface area contributed by atoms with E-state index in [9.17, 15) is 0 Å². The maximum absolute atomic E-state index is 2.57. The first-order valence-electron chi connectivity index (χ1n) is 4.75. The summed E-state index contributed by atoms with van der Waals surface area (Å²) in [6.45, 7) is 6.19. The van der Waals surface area contributed by atoms with Crippen LogP contribution in [-0.4, -0.2) is 24.0 Å². The van der Waals surface area contributed by atoms with Crippen LogP contribution in [0.15, 0.2) is 0 Å². The number of nitrogens with zero attached hydrogens (tertiary/aromatic N) is 1. The zero-order valence-corrected chi connectivity index (χ0v) is 7.98. The molecule has 1 saturated carbocycles. The minimum Gasteiger partial charge on any atom is -0.300 e. The van der Waals surface area contributed by atoms with Gasteiger partial charge in [0.1, 0.15) is 0 Å². The molecule has 3 rings (SSSR count). The Balaban J connectivity index is 2.22. The smallest absolute Gasteiger partial charge is 0.0179 e. The Labute approximate surface area is 69.8 Å². The van der Waals surface area contributed by atoms with Crippen molar-refractivity contribution in [1.82, 2.24) is 4.90 Å². The molecule has 0 radical (unpaired) electrons. The summed E-state index contributed by atoms with van der Waals surface area (Å²) in [5, 5.41) is 0. The first-order valence-corrected chi connectivity index (χ1v) is 4.75. The van der Waals surface area contributed by atoms with Crippen molar-refractivity contribution in [3.05, 3.63) is 0 Å². The highest BCUT2D eigenvalue weighted by molar-refractivity contribution is 5.01. The van der Waals surface area contributed by atoms with Gasteiger partial charge in [0.15, 0.2) is 0 Å². The number of rotatable bonds is 0. The van der Waals surface area contributed by atoms with Crippen molar-refractivity contribution in [2.24, 2.45) is 5.41 Å². The molecule has 0 atom stereocenters. The van der Waals surface area contributed by atoms with Crippen molar-refractivity contribution in [2.45, 2.75) is 45.1 Å². The molecule has 0 aromatic rings. The minimum absolute atomic E-state index is 0.553. The zero-order chi connectivity index (χ0) is 8.11. The van der Waals surface area contributed by atoms with Crippen LogP contribution in [0.2, 0.25) is 0 Å². The van der Waals surface area contributed by atoms with Gasteiger partial charge in [-0.15, -0.1) is 0 Å². The molecule has 2 heterocycles. The molecule has 11 heavy (non-hydrogen) atoms. The average Bonchev–Trinajstić information content (AvgIpc) is 1.94. The highest BCUT2D eigenvalue weighted by atomic mass is 15.2. The normalized spacial score (nSPS) is 51.5. The molecule has 0 aromatic carbocycles. The summed E-state index contributed by atoms with van der Waals surface area (Å²) in [6.07, 6.45) is 5.74. The van der Waals surface area contributed by atoms with Gasteiger partial charge >= 0.3 is 0 Å². The summed E-state index contributed by atoms with van der Waals surface area (Å²) < 4.78 is 0. The molecule has 64 valence electrons. The predicted octanol–water partition coefficient (Wildman–Crippen LogP) is 2.27. The average molecular weight is 153 g/mol. The van der Waals surface area contributed by atoms with Gasteiger partial charge in [0.2, 0.25) is 0 Å². The van der Waals surface area contributed by atoms with E-state index < -0.39 is 0 Å². The van der Waals surface area contributed by atoms with Crippen molar-refractivity contribution in [3.63, 3.8) is 0 Å². The summed E-state index contributed by atoms with van der Waals surface area (Å²) in [5.41, 5.74) is 1.21. The minimum atomic E-state index is 0.553. The second-order valence-electron chi connectivity index (χ2n) is 5.16. The zero-order valence-electron chi connectivity index (χ0n) is 7.98. The predicted molar refractivity (Wildman–Crippen MR) is 47.6 cm³/mol. The molecule has 1 aliphatic carbocycles. The summed E-state index contributed by atoms with van der Waals surface area (Å²) >= 11 is 0. The maximum atomic E-state index is 2.57. The maximum Gasteiger partial charge on any atom is 0.0179 e. The van der Waals surface area contributed by atoms with Crippen LogP contribution in [0.5, 0.6) is 0 Å². The quantitative estimate of drug-likeness (QED) is 0.516. The van der Waals surface area contributed by atoms with Gasteiger partial charge in [-0.05, 0) is 45.1 Å². The monoisotopic (exact) mass is 153 g/mol. The van der Waals surface area contributed by atoms with E-state index in [1.807, 2.05) is 0 Å². The Morgan fingerprint density at radius 3 is 1.91 bits per heavy atom. The standard InChI is InChI=1S/C10H19N/c1-9-4-6-10(2,7-5-9)11(3)8-9/h4-8H2,1-3H3. The Hall–Kier alpha value is -0.0400. The Morgan fingerprint density at radius 1 is 1.00 bits per heavy atom. The fourth-order valence-corrected chi connectivity index (χ4v) is 2.70. The largest absolute Gasteiger partial charge is 0.300 e. The molecule has 2 aliphatic heterocycles. The molecule has 0 spiro atoms. The first kappa shape index (κ1) is 7.60. The molecule has 0 N–H and O–H groups in total. The summed E-state index contributed by atoms with van der Waals surface area (Å²) in [7, 11) is 2.29. The van der Waals surface area contributed by atoms with Crippen LogP contribution in [0.25, 0.3) is 0 Å². The summed E-state index contributed by atoms with van der Waals surface area (Å²) in [6, 6.07) is 0. The van der Waals surface area contributed by atoms with Gasteiger partial charge in [-0.3, -0.25) is 0 Å².